The van der Waals surface area contributed by atoms with E-state index < -0.39 is 5.97 Å². The summed E-state index contributed by atoms with van der Waals surface area (Å²) in [6, 6.07) is 3.21. The molecule has 1 aromatic carbocycles. The van der Waals surface area contributed by atoms with Crippen molar-refractivity contribution >= 4 is 12.2 Å². The maximum Gasteiger partial charge on any atom is 0.330 e. The second kappa shape index (κ2) is 8.47. The zero-order chi connectivity index (χ0) is 15.7. The average molecular weight is 295 g/mol. The molecule has 0 aliphatic carbocycles. The summed E-state index contributed by atoms with van der Waals surface area (Å²) in [7, 11) is 4.29. The lowest BCUT2D eigenvalue weighted by Crippen LogP contribution is -2.01. The normalized spacial score (nSPS) is 10.8. The minimum atomic E-state index is -0.469. The number of hydrogen-bond acceptors (Lipinski definition) is 7. The van der Waals surface area contributed by atoms with Crippen LogP contribution in [0.1, 0.15) is 5.56 Å². The number of hydrogen-bond donors (Lipinski definition) is 1. The van der Waals surface area contributed by atoms with E-state index in [1.54, 1.807) is 12.1 Å². The molecule has 1 rings (SSSR count). The van der Waals surface area contributed by atoms with Crippen LogP contribution in [0.2, 0.25) is 0 Å². The summed E-state index contributed by atoms with van der Waals surface area (Å²) in [5.74, 6) is 0.896. The van der Waals surface area contributed by atoms with E-state index in [4.69, 9.17) is 19.4 Å². The molecule has 0 aromatic heterocycles. The molecule has 1 aromatic rings. The van der Waals surface area contributed by atoms with Gasteiger partial charge in [-0.2, -0.15) is 0 Å². The van der Waals surface area contributed by atoms with Crippen LogP contribution in [-0.2, 0) is 9.53 Å². The molecule has 0 radical (unpaired) electrons. The van der Waals surface area contributed by atoms with Crippen molar-refractivity contribution in [3.05, 3.63) is 29.8 Å². The van der Waals surface area contributed by atoms with E-state index in [-0.39, 0.29) is 6.61 Å². The quantitative estimate of drug-likeness (QED) is 0.270. The highest BCUT2D eigenvalue weighted by Crippen LogP contribution is 2.33. The van der Waals surface area contributed by atoms with Gasteiger partial charge in [-0.3, -0.25) is 0 Å². The predicted octanol–water partition coefficient (Wildman–Crippen LogP) is 1.62. The maximum atomic E-state index is 10.9. The number of nitrogens with zero attached hydrogens (tertiary/aromatic N) is 1. The summed E-state index contributed by atoms with van der Waals surface area (Å²) < 4.78 is 20.3. The topological polar surface area (TPSA) is 86.6 Å². The molecule has 7 nitrogen and oxygen atoms in total. The van der Waals surface area contributed by atoms with E-state index in [0.29, 0.717) is 22.8 Å². The van der Waals surface area contributed by atoms with Crippen LogP contribution in [0.5, 0.6) is 17.2 Å². The van der Waals surface area contributed by atoms with Gasteiger partial charge in [-0.1, -0.05) is 5.16 Å². The fourth-order valence-corrected chi connectivity index (χ4v) is 1.51. The summed E-state index contributed by atoms with van der Waals surface area (Å²) in [4.78, 5) is 10.9. The number of carbonyl (C=O) groups is 1. The molecule has 1 N–H and O–H groups in total. The van der Waals surface area contributed by atoms with Gasteiger partial charge in [0.1, 0.15) is 12.4 Å². The lowest BCUT2D eigenvalue weighted by molar-refractivity contribution is -0.134. The third-order valence-electron chi connectivity index (χ3n) is 2.50. The van der Waals surface area contributed by atoms with E-state index in [1.807, 2.05) is 0 Å². The minimum Gasteiger partial charge on any atom is -0.493 e. The third kappa shape index (κ3) is 4.72. The highest BCUT2D eigenvalue weighted by atomic mass is 16.5. The number of esters is 1. The molecule has 114 valence electrons. The van der Waals surface area contributed by atoms with Crippen LogP contribution >= 0.6 is 0 Å². The second-order valence-electron chi connectivity index (χ2n) is 3.73. The van der Waals surface area contributed by atoms with E-state index in [9.17, 15) is 4.79 Å². The zero-order valence-corrected chi connectivity index (χ0v) is 12.0. The molecule has 0 unspecified atom stereocenters. The third-order valence-corrected chi connectivity index (χ3v) is 2.50. The van der Waals surface area contributed by atoms with Gasteiger partial charge in [0.25, 0.3) is 0 Å². The van der Waals surface area contributed by atoms with Crippen molar-refractivity contribution in [3.63, 3.8) is 0 Å². The van der Waals surface area contributed by atoms with E-state index in [0.717, 1.165) is 0 Å². The van der Waals surface area contributed by atoms with Crippen molar-refractivity contribution < 1.29 is 28.9 Å². The Labute approximate surface area is 122 Å². The van der Waals surface area contributed by atoms with Crippen molar-refractivity contribution in [2.24, 2.45) is 5.16 Å². The predicted molar refractivity (Wildman–Crippen MR) is 75.6 cm³/mol. The Hall–Kier alpha value is -2.70. The summed E-state index contributed by atoms with van der Waals surface area (Å²) in [5.41, 5.74) is 0.501. The van der Waals surface area contributed by atoms with Gasteiger partial charge in [-0.15, -0.1) is 0 Å². The van der Waals surface area contributed by atoms with Gasteiger partial charge >= 0.3 is 5.97 Å². The maximum absolute atomic E-state index is 10.9. The first-order valence-electron chi connectivity index (χ1n) is 5.97. The molecular formula is C14H17NO6. The number of benzene rings is 1. The Balaban J connectivity index is 2.93. The fraction of sp³-hybridized carbons (Fsp3) is 0.286. The van der Waals surface area contributed by atoms with Crippen LogP contribution in [0.3, 0.4) is 0 Å². The molecule has 0 saturated heterocycles. The number of carbonyl (C=O) groups excluding carboxylic acids is 1. The highest BCUT2D eigenvalue weighted by molar-refractivity contribution is 5.85. The molecule has 0 fully saturated rings. The number of rotatable bonds is 7. The van der Waals surface area contributed by atoms with Gasteiger partial charge in [0.05, 0.1) is 27.5 Å². The first-order valence-corrected chi connectivity index (χ1v) is 5.97. The summed E-state index contributed by atoms with van der Waals surface area (Å²) >= 11 is 0. The Morgan fingerprint density at radius 2 is 1.86 bits per heavy atom. The lowest BCUT2D eigenvalue weighted by Gasteiger charge is -2.12. The lowest BCUT2D eigenvalue weighted by atomic mass is 10.2. The molecule has 7 heteroatoms. The molecule has 0 heterocycles. The average Bonchev–Trinajstić information content (AvgIpc) is 2.51. The van der Waals surface area contributed by atoms with E-state index >= 15 is 0 Å². The Morgan fingerprint density at radius 3 is 2.43 bits per heavy atom. The van der Waals surface area contributed by atoms with Crippen molar-refractivity contribution in [3.8, 4) is 17.2 Å². The van der Waals surface area contributed by atoms with Crippen LogP contribution in [0, 0.1) is 0 Å². The molecule has 0 saturated carbocycles. The molecule has 0 spiro atoms. The second-order valence-corrected chi connectivity index (χ2v) is 3.73. The van der Waals surface area contributed by atoms with E-state index in [1.165, 1.54) is 39.7 Å². The van der Waals surface area contributed by atoms with Crippen molar-refractivity contribution in [1.82, 2.24) is 0 Å². The minimum absolute atomic E-state index is 0.136. The van der Waals surface area contributed by atoms with Gasteiger partial charge in [0.2, 0.25) is 0 Å². The highest BCUT2D eigenvalue weighted by Gasteiger charge is 2.11. The van der Waals surface area contributed by atoms with Crippen LogP contribution < -0.4 is 14.2 Å². The monoisotopic (exact) mass is 295 g/mol. The summed E-state index contributed by atoms with van der Waals surface area (Å²) in [6.07, 6.45) is 3.96. The molecule has 0 bridgehead atoms. The smallest absolute Gasteiger partial charge is 0.330 e. The van der Waals surface area contributed by atoms with Crippen molar-refractivity contribution in [2.75, 3.05) is 27.9 Å². The zero-order valence-electron chi connectivity index (χ0n) is 12.0. The molecule has 21 heavy (non-hydrogen) atoms. The Bertz CT molecular complexity index is 539. The molecule has 0 aliphatic rings. The van der Waals surface area contributed by atoms with Gasteiger partial charge in [-0.25, -0.2) is 4.79 Å². The van der Waals surface area contributed by atoms with Crippen molar-refractivity contribution in [1.29, 1.82) is 0 Å². The van der Waals surface area contributed by atoms with Crippen LogP contribution in [0.25, 0.3) is 0 Å². The molecule has 0 atom stereocenters. The van der Waals surface area contributed by atoms with Gasteiger partial charge in [-0.05, 0) is 12.1 Å². The van der Waals surface area contributed by atoms with E-state index in [2.05, 4.69) is 9.89 Å². The fourth-order valence-electron chi connectivity index (χ4n) is 1.51. The first-order chi connectivity index (χ1) is 10.2. The van der Waals surface area contributed by atoms with Crippen LogP contribution in [0.4, 0.5) is 0 Å². The molecular weight excluding hydrogens is 278 g/mol. The summed E-state index contributed by atoms with van der Waals surface area (Å²) in [5, 5.41) is 11.7. The Morgan fingerprint density at radius 1 is 1.19 bits per heavy atom. The number of ether oxygens (including phenoxy) is 4. The van der Waals surface area contributed by atoms with Crippen molar-refractivity contribution in [2.45, 2.75) is 0 Å². The SMILES string of the molecule is COC(=O)/C=C/COc1cc(OC)c(OC)cc1/C=N/O. The molecule has 0 aliphatic heterocycles. The van der Waals surface area contributed by atoms with Crippen LogP contribution in [0.15, 0.2) is 29.4 Å². The Kier molecular flexibility index (Phi) is 6.59. The standard InChI is InChI=1S/C14H17NO6/c1-18-12-7-10(9-15-17)11(8-13(12)19-2)21-6-4-5-14(16)20-3/h4-5,7-9,17H,6H2,1-3H3/b5-4+,15-9+. The summed E-state index contributed by atoms with van der Waals surface area (Å²) in [6.45, 7) is 0.136. The van der Waals surface area contributed by atoms with Gasteiger partial charge in [0.15, 0.2) is 11.5 Å². The van der Waals surface area contributed by atoms with Gasteiger partial charge in [0, 0.05) is 17.7 Å². The largest absolute Gasteiger partial charge is 0.493 e. The first kappa shape index (κ1) is 16.4. The van der Waals surface area contributed by atoms with Crippen LogP contribution in [-0.4, -0.2) is 45.3 Å². The van der Waals surface area contributed by atoms with Gasteiger partial charge < -0.3 is 24.2 Å². The number of oxime groups is 1. The molecule has 0 amide bonds. The number of methoxy groups -OCH3 is 3.